The number of anilines is 1. The summed E-state index contributed by atoms with van der Waals surface area (Å²) in [5.41, 5.74) is 5.22. The fraction of sp³-hybridized carbons (Fsp3) is 0.0800. The SMILES string of the molecule is Cc1cc(C)cc(NC(=O)c2cccc(Oc3cc(-c4ccccc4)ncn3)c2)c1. The number of aryl methyl sites for hydroxylation is 2. The number of aromatic nitrogens is 2. The largest absolute Gasteiger partial charge is 0.439 e. The van der Waals surface area contributed by atoms with E-state index in [0.29, 0.717) is 17.2 Å². The normalized spacial score (nSPS) is 10.5. The van der Waals surface area contributed by atoms with Gasteiger partial charge in [0.1, 0.15) is 12.1 Å². The Kier molecular flexibility index (Phi) is 5.52. The fourth-order valence-electron chi connectivity index (χ4n) is 3.23. The van der Waals surface area contributed by atoms with E-state index in [1.165, 1.54) is 6.33 Å². The molecule has 0 saturated carbocycles. The van der Waals surface area contributed by atoms with Gasteiger partial charge in [-0.1, -0.05) is 42.5 Å². The standard InChI is InChI=1S/C25H21N3O2/c1-17-11-18(2)13-21(12-17)28-25(29)20-9-6-10-22(14-20)30-24-15-23(26-16-27-24)19-7-4-3-5-8-19/h3-16H,1-2H3,(H,28,29). The van der Waals surface area contributed by atoms with Crippen molar-refractivity contribution in [3.05, 3.63) is 102 Å². The van der Waals surface area contributed by atoms with Crippen molar-refractivity contribution in [2.24, 2.45) is 0 Å². The number of amides is 1. The van der Waals surface area contributed by atoms with Crippen molar-refractivity contribution < 1.29 is 9.53 Å². The molecule has 1 amide bonds. The Morgan fingerprint density at radius 2 is 1.60 bits per heavy atom. The van der Waals surface area contributed by atoms with Gasteiger partial charge in [0.05, 0.1) is 5.69 Å². The summed E-state index contributed by atoms with van der Waals surface area (Å²) in [6.45, 7) is 4.01. The van der Waals surface area contributed by atoms with E-state index in [1.807, 2.05) is 56.3 Å². The van der Waals surface area contributed by atoms with E-state index in [0.717, 1.165) is 28.1 Å². The van der Waals surface area contributed by atoms with Crippen molar-refractivity contribution >= 4 is 11.6 Å². The van der Waals surface area contributed by atoms with Gasteiger partial charge in [-0.25, -0.2) is 9.97 Å². The van der Waals surface area contributed by atoms with Gasteiger partial charge < -0.3 is 10.1 Å². The van der Waals surface area contributed by atoms with Crippen LogP contribution in [0.2, 0.25) is 0 Å². The summed E-state index contributed by atoms with van der Waals surface area (Å²) in [4.78, 5) is 21.2. The van der Waals surface area contributed by atoms with Gasteiger partial charge in [0.25, 0.3) is 5.91 Å². The minimum atomic E-state index is -0.196. The molecular weight excluding hydrogens is 374 g/mol. The lowest BCUT2D eigenvalue weighted by atomic mass is 10.1. The molecule has 0 aliphatic heterocycles. The molecule has 0 atom stereocenters. The predicted octanol–water partition coefficient (Wildman–Crippen LogP) is 5.81. The Balaban J connectivity index is 1.52. The van der Waals surface area contributed by atoms with Crippen LogP contribution in [-0.2, 0) is 0 Å². The Morgan fingerprint density at radius 1 is 0.833 bits per heavy atom. The van der Waals surface area contributed by atoms with Gasteiger partial charge in [-0.05, 0) is 55.3 Å². The van der Waals surface area contributed by atoms with Gasteiger partial charge in [0.2, 0.25) is 5.88 Å². The molecule has 1 N–H and O–H groups in total. The van der Waals surface area contributed by atoms with Crippen molar-refractivity contribution in [1.82, 2.24) is 9.97 Å². The first-order valence-electron chi connectivity index (χ1n) is 9.62. The molecule has 5 nitrogen and oxygen atoms in total. The quantitative estimate of drug-likeness (QED) is 0.463. The number of ether oxygens (including phenoxy) is 1. The lowest BCUT2D eigenvalue weighted by molar-refractivity contribution is 0.102. The number of carbonyl (C=O) groups excluding carboxylic acids is 1. The van der Waals surface area contributed by atoms with E-state index < -0.39 is 0 Å². The molecule has 3 aromatic carbocycles. The summed E-state index contributed by atoms with van der Waals surface area (Å²) in [7, 11) is 0. The maximum Gasteiger partial charge on any atom is 0.255 e. The molecule has 0 aliphatic carbocycles. The summed E-state index contributed by atoms with van der Waals surface area (Å²) in [6.07, 6.45) is 1.47. The summed E-state index contributed by atoms with van der Waals surface area (Å²) in [6, 6.07) is 24.6. The third-order valence-electron chi connectivity index (χ3n) is 4.51. The Morgan fingerprint density at radius 3 is 2.37 bits per heavy atom. The van der Waals surface area contributed by atoms with Crippen LogP contribution in [0.4, 0.5) is 5.69 Å². The van der Waals surface area contributed by atoms with Crippen LogP contribution in [0.5, 0.6) is 11.6 Å². The Labute approximate surface area is 175 Å². The first kappa shape index (κ1) is 19.3. The summed E-state index contributed by atoms with van der Waals surface area (Å²) in [5, 5.41) is 2.94. The van der Waals surface area contributed by atoms with Crippen molar-refractivity contribution in [1.29, 1.82) is 0 Å². The Hall–Kier alpha value is -3.99. The van der Waals surface area contributed by atoms with Gasteiger partial charge in [0, 0.05) is 22.9 Å². The number of rotatable bonds is 5. The zero-order valence-corrected chi connectivity index (χ0v) is 16.8. The fourth-order valence-corrected chi connectivity index (χ4v) is 3.23. The second-order valence-electron chi connectivity index (χ2n) is 7.07. The third-order valence-corrected chi connectivity index (χ3v) is 4.51. The molecule has 0 spiro atoms. The minimum Gasteiger partial charge on any atom is -0.439 e. The van der Waals surface area contributed by atoms with Gasteiger partial charge in [0.15, 0.2) is 0 Å². The van der Waals surface area contributed by atoms with Crippen LogP contribution in [0, 0.1) is 13.8 Å². The molecule has 148 valence electrons. The summed E-state index contributed by atoms with van der Waals surface area (Å²) >= 11 is 0. The molecule has 0 saturated heterocycles. The van der Waals surface area contributed by atoms with E-state index in [1.54, 1.807) is 30.3 Å². The molecule has 0 fully saturated rings. The van der Waals surface area contributed by atoms with Crippen LogP contribution < -0.4 is 10.1 Å². The zero-order chi connectivity index (χ0) is 20.9. The molecule has 0 aliphatic rings. The number of hydrogen-bond acceptors (Lipinski definition) is 4. The first-order chi connectivity index (χ1) is 14.6. The number of hydrogen-bond donors (Lipinski definition) is 1. The van der Waals surface area contributed by atoms with E-state index in [4.69, 9.17) is 4.74 Å². The van der Waals surface area contributed by atoms with E-state index in [2.05, 4.69) is 21.4 Å². The van der Waals surface area contributed by atoms with Gasteiger partial charge >= 0.3 is 0 Å². The number of nitrogens with one attached hydrogen (secondary N) is 1. The van der Waals surface area contributed by atoms with Gasteiger partial charge in [-0.15, -0.1) is 0 Å². The average molecular weight is 395 g/mol. The highest BCUT2D eigenvalue weighted by molar-refractivity contribution is 6.04. The molecule has 4 aromatic rings. The third kappa shape index (κ3) is 4.70. The van der Waals surface area contributed by atoms with Gasteiger partial charge in [-0.3, -0.25) is 4.79 Å². The lowest BCUT2D eigenvalue weighted by Crippen LogP contribution is -2.12. The number of nitrogens with zero attached hydrogens (tertiary/aromatic N) is 2. The molecule has 0 radical (unpaired) electrons. The van der Waals surface area contributed by atoms with Gasteiger partial charge in [-0.2, -0.15) is 0 Å². The lowest BCUT2D eigenvalue weighted by Gasteiger charge is -2.10. The van der Waals surface area contributed by atoms with Crippen LogP contribution in [0.1, 0.15) is 21.5 Å². The average Bonchev–Trinajstić information content (AvgIpc) is 2.74. The number of benzene rings is 3. The Bertz CT molecular complexity index is 1170. The number of carbonyl (C=O) groups is 1. The molecule has 0 bridgehead atoms. The molecule has 4 rings (SSSR count). The second kappa shape index (κ2) is 8.57. The highest BCUT2D eigenvalue weighted by Crippen LogP contribution is 2.25. The molecule has 30 heavy (non-hydrogen) atoms. The second-order valence-corrected chi connectivity index (χ2v) is 7.07. The van der Waals surface area contributed by atoms with E-state index >= 15 is 0 Å². The molecule has 1 aromatic heterocycles. The van der Waals surface area contributed by atoms with Crippen molar-refractivity contribution in [2.45, 2.75) is 13.8 Å². The molecule has 1 heterocycles. The van der Waals surface area contributed by atoms with Crippen LogP contribution in [0.15, 0.2) is 85.2 Å². The van der Waals surface area contributed by atoms with Crippen LogP contribution in [0.25, 0.3) is 11.3 Å². The minimum absolute atomic E-state index is 0.196. The molecular formula is C25H21N3O2. The van der Waals surface area contributed by atoms with Crippen LogP contribution >= 0.6 is 0 Å². The smallest absolute Gasteiger partial charge is 0.255 e. The highest BCUT2D eigenvalue weighted by Gasteiger charge is 2.10. The maximum absolute atomic E-state index is 12.7. The van der Waals surface area contributed by atoms with Crippen molar-refractivity contribution in [3.8, 4) is 22.9 Å². The van der Waals surface area contributed by atoms with Crippen LogP contribution in [-0.4, -0.2) is 15.9 Å². The van der Waals surface area contributed by atoms with Crippen molar-refractivity contribution in [3.63, 3.8) is 0 Å². The summed E-state index contributed by atoms with van der Waals surface area (Å²) < 4.78 is 5.89. The first-order valence-corrected chi connectivity index (χ1v) is 9.62. The maximum atomic E-state index is 12.7. The molecule has 0 unspecified atom stereocenters. The van der Waals surface area contributed by atoms with E-state index in [9.17, 15) is 4.79 Å². The summed E-state index contributed by atoms with van der Waals surface area (Å²) in [5.74, 6) is 0.745. The highest BCUT2D eigenvalue weighted by atomic mass is 16.5. The predicted molar refractivity (Wildman–Crippen MR) is 118 cm³/mol. The molecule has 5 heteroatoms. The van der Waals surface area contributed by atoms with E-state index in [-0.39, 0.29) is 5.91 Å². The topological polar surface area (TPSA) is 64.1 Å². The zero-order valence-electron chi connectivity index (χ0n) is 16.8. The van der Waals surface area contributed by atoms with Crippen molar-refractivity contribution in [2.75, 3.05) is 5.32 Å². The monoisotopic (exact) mass is 395 g/mol. The van der Waals surface area contributed by atoms with Crippen LogP contribution in [0.3, 0.4) is 0 Å².